The van der Waals surface area contributed by atoms with Crippen LogP contribution in [0.2, 0.25) is 0 Å². The molecule has 0 aliphatic rings. The Kier molecular flexibility index (Phi) is 9.93. The van der Waals surface area contributed by atoms with E-state index in [4.69, 9.17) is 4.74 Å². The second-order valence-corrected chi connectivity index (χ2v) is 10.9. The monoisotopic (exact) mass is 553 g/mol. The smallest absolute Gasteiger partial charge is 0.244 e. The lowest BCUT2D eigenvalue weighted by Crippen LogP contribution is -2.52. The molecule has 34 heavy (non-hydrogen) atoms. The van der Waals surface area contributed by atoms with Crippen LogP contribution in [0.15, 0.2) is 53.0 Å². The van der Waals surface area contributed by atoms with Crippen molar-refractivity contribution in [2.75, 3.05) is 24.2 Å². The fraction of sp³-hybridized carbons (Fsp3) is 0.417. The van der Waals surface area contributed by atoms with Crippen molar-refractivity contribution in [2.45, 2.75) is 45.8 Å². The maximum absolute atomic E-state index is 13.5. The molecule has 2 aromatic carbocycles. The predicted octanol–water partition coefficient (Wildman–Crippen LogP) is 3.56. The average molecular weight is 555 g/mol. The quantitative estimate of drug-likeness (QED) is 0.459. The Balaban J connectivity index is 2.36. The molecule has 0 aliphatic carbocycles. The fourth-order valence-corrected chi connectivity index (χ4v) is 4.31. The maximum Gasteiger partial charge on any atom is 0.244 e. The van der Waals surface area contributed by atoms with E-state index in [0.29, 0.717) is 11.4 Å². The van der Waals surface area contributed by atoms with E-state index >= 15 is 0 Å². The van der Waals surface area contributed by atoms with Crippen molar-refractivity contribution in [2.24, 2.45) is 0 Å². The molecule has 2 rings (SSSR count). The van der Waals surface area contributed by atoms with E-state index in [0.717, 1.165) is 27.0 Å². The van der Waals surface area contributed by atoms with Crippen LogP contribution in [-0.4, -0.2) is 57.1 Å². The summed E-state index contributed by atoms with van der Waals surface area (Å²) in [5.74, 6) is -0.221. The van der Waals surface area contributed by atoms with Crippen LogP contribution in [0.4, 0.5) is 5.69 Å². The minimum atomic E-state index is -3.78. The number of benzene rings is 2. The zero-order valence-electron chi connectivity index (χ0n) is 20.1. The van der Waals surface area contributed by atoms with Gasteiger partial charge in [-0.1, -0.05) is 35.0 Å². The number of anilines is 1. The number of methoxy groups -OCH3 is 1. The summed E-state index contributed by atoms with van der Waals surface area (Å²) in [5.41, 5.74) is 1.15. The Morgan fingerprint density at radius 2 is 1.65 bits per heavy atom. The number of carbonyl (C=O) groups is 2. The van der Waals surface area contributed by atoms with Gasteiger partial charge in [-0.05, 0) is 62.2 Å². The number of hydrogen-bond donors (Lipinski definition) is 1. The van der Waals surface area contributed by atoms with Gasteiger partial charge in [-0.25, -0.2) is 8.42 Å². The predicted molar refractivity (Wildman–Crippen MR) is 137 cm³/mol. The van der Waals surface area contributed by atoms with Crippen molar-refractivity contribution in [3.63, 3.8) is 0 Å². The summed E-state index contributed by atoms with van der Waals surface area (Å²) in [6.45, 7) is 5.20. The lowest BCUT2D eigenvalue weighted by molar-refractivity contribution is -0.139. The molecule has 0 saturated carbocycles. The van der Waals surface area contributed by atoms with Crippen LogP contribution >= 0.6 is 15.9 Å². The zero-order valence-corrected chi connectivity index (χ0v) is 22.5. The van der Waals surface area contributed by atoms with E-state index in [1.54, 1.807) is 31.2 Å². The van der Waals surface area contributed by atoms with Crippen LogP contribution in [0, 0.1) is 0 Å². The van der Waals surface area contributed by atoms with E-state index in [2.05, 4.69) is 21.2 Å². The molecule has 0 unspecified atom stereocenters. The number of halogens is 1. The Morgan fingerprint density at radius 1 is 1.06 bits per heavy atom. The molecule has 8 nitrogen and oxygen atoms in total. The van der Waals surface area contributed by atoms with Gasteiger partial charge in [0.2, 0.25) is 21.8 Å². The van der Waals surface area contributed by atoms with Gasteiger partial charge in [0, 0.05) is 17.1 Å². The summed E-state index contributed by atoms with van der Waals surface area (Å²) < 4.78 is 32.2. The number of sulfonamides is 1. The molecule has 1 N–H and O–H groups in total. The third kappa shape index (κ3) is 7.73. The zero-order chi connectivity index (χ0) is 25.5. The first-order valence-corrected chi connectivity index (χ1v) is 13.6. The van der Waals surface area contributed by atoms with Crippen molar-refractivity contribution in [1.82, 2.24) is 10.2 Å². The van der Waals surface area contributed by atoms with Crippen LogP contribution in [0.5, 0.6) is 5.75 Å². The summed E-state index contributed by atoms with van der Waals surface area (Å²) in [4.78, 5) is 27.7. The van der Waals surface area contributed by atoms with E-state index in [1.807, 2.05) is 38.1 Å². The molecule has 2 amide bonds. The van der Waals surface area contributed by atoms with E-state index in [-0.39, 0.29) is 18.5 Å². The molecule has 0 heterocycles. The van der Waals surface area contributed by atoms with Gasteiger partial charge in [-0.2, -0.15) is 0 Å². The molecular formula is C24H32BrN3O5S. The SMILES string of the molecule is CC[C@@H](C)NC(=O)[C@@H](C)N(Cc1ccc(Br)cc1)C(=O)CN(c1ccc(OC)cc1)S(C)(=O)=O. The van der Waals surface area contributed by atoms with Gasteiger partial charge in [-0.15, -0.1) is 0 Å². The molecule has 186 valence electrons. The van der Waals surface area contributed by atoms with Gasteiger partial charge in [0.1, 0.15) is 18.3 Å². The molecule has 0 spiro atoms. The Morgan fingerprint density at radius 3 is 2.15 bits per heavy atom. The molecule has 0 aliphatic heterocycles. The fourth-order valence-electron chi connectivity index (χ4n) is 3.20. The van der Waals surface area contributed by atoms with Crippen LogP contribution < -0.4 is 14.4 Å². The molecule has 0 aromatic heterocycles. The van der Waals surface area contributed by atoms with Crippen LogP contribution in [0.3, 0.4) is 0 Å². The summed E-state index contributed by atoms with van der Waals surface area (Å²) in [6, 6.07) is 12.9. The van der Waals surface area contributed by atoms with Crippen molar-refractivity contribution < 1.29 is 22.7 Å². The number of nitrogens with zero attached hydrogens (tertiary/aromatic N) is 2. The van der Waals surface area contributed by atoms with Gasteiger partial charge in [-0.3, -0.25) is 13.9 Å². The normalized spacial score (nSPS) is 13.0. The Labute approximate surface area is 210 Å². The van der Waals surface area contributed by atoms with E-state index in [1.165, 1.54) is 12.0 Å². The average Bonchev–Trinajstić information content (AvgIpc) is 2.80. The molecular weight excluding hydrogens is 522 g/mol. The van der Waals surface area contributed by atoms with E-state index in [9.17, 15) is 18.0 Å². The molecule has 10 heteroatoms. The first-order valence-electron chi connectivity index (χ1n) is 10.9. The third-order valence-electron chi connectivity index (χ3n) is 5.47. The molecule has 0 fully saturated rings. The van der Waals surface area contributed by atoms with Crippen molar-refractivity contribution in [3.8, 4) is 5.75 Å². The number of ether oxygens (including phenoxy) is 1. The first kappa shape index (κ1) is 27.7. The van der Waals surface area contributed by atoms with Gasteiger partial charge in [0.15, 0.2) is 0 Å². The standard InChI is InChI=1S/C24H32BrN3O5S/c1-6-17(2)26-24(30)18(3)27(15-19-7-9-20(25)10-8-19)23(29)16-28(34(5,31)32)21-11-13-22(33-4)14-12-21/h7-14,17-18H,6,15-16H2,1-5H3,(H,26,30)/t17-,18-/m1/s1. The number of hydrogen-bond acceptors (Lipinski definition) is 5. The topological polar surface area (TPSA) is 96.0 Å². The molecule has 2 atom stereocenters. The highest BCUT2D eigenvalue weighted by molar-refractivity contribution is 9.10. The molecule has 0 saturated heterocycles. The Bertz CT molecular complexity index is 1070. The second kappa shape index (κ2) is 12.2. The summed E-state index contributed by atoms with van der Waals surface area (Å²) in [6.07, 6.45) is 1.79. The lowest BCUT2D eigenvalue weighted by Gasteiger charge is -2.32. The summed E-state index contributed by atoms with van der Waals surface area (Å²) in [5, 5.41) is 2.90. The molecule has 0 radical (unpaired) electrons. The third-order valence-corrected chi connectivity index (χ3v) is 7.14. The lowest BCUT2D eigenvalue weighted by atomic mass is 10.1. The first-order chi connectivity index (χ1) is 16.0. The number of nitrogens with one attached hydrogen (secondary N) is 1. The van der Waals surface area contributed by atoms with Crippen LogP contribution in [0.1, 0.15) is 32.8 Å². The van der Waals surface area contributed by atoms with Gasteiger partial charge >= 0.3 is 0 Å². The number of rotatable bonds is 11. The number of carbonyl (C=O) groups excluding carboxylic acids is 2. The molecule has 2 aromatic rings. The van der Waals surface area contributed by atoms with Gasteiger partial charge in [0.25, 0.3) is 0 Å². The molecule has 0 bridgehead atoms. The Hall–Kier alpha value is -2.59. The van der Waals surface area contributed by atoms with Crippen LogP contribution in [-0.2, 0) is 26.2 Å². The highest BCUT2D eigenvalue weighted by Crippen LogP contribution is 2.22. The number of amides is 2. The largest absolute Gasteiger partial charge is 0.497 e. The van der Waals surface area contributed by atoms with E-state index < -0.39 is 28.5 Å². The van der Waals surface area contributed by atoms with Crippen molar-refractivity contribution in [3.05, 3.63) is 58.6 Å². The van der Waals surface area contributed by atoms with Gasteiger partial charge in [0.05, 0.1) is 19.1 Å². The van der Waals surface area contributed by atoms with Crippen LogP contribution in [0.25, 0.3) is 0 Å². The second-order valence-electron chi connectivity index (χ2n) is 8.11. The highest BCUT2D eigenvalue weighted by atomic mass is 79.9. The summed E-state index contributed by atoms with van der Waals surface area (Å²) in [7, 11) is -2.26. The minimum absolute atomic E-state index is 0.0496. The minimum Gasteiger partial charge on any atom is -0.497 e. The van der Waals surface area contributed by atoms with Crippen molar-refractivity contribution >= 4 is 43.5 Å². The maximum atomic E-state index is 13.5. The van der Waals surface area contributed by atoms with Gasteiger partial charge < -0.3 is 15.0 Å². The van der Waals surface area contributed by atoms with Crippen molar-refractivity contribution in [1.29, 1.82) is 0 Å². The highest BCUT2D eigenvalue weighted by Gasteiger charge is 2.30. The summed E-state index contributed by atoms with van der Waals surface area (Å²) >= 11 is 3.39.